The monoisotopic (exact) mass is 209 g/mol. The van der Waals surface area contributed by atoms with Crippen LogP contribution < -0.4 is 0 Å². The number of fused-ring (bicyclic) bond motifs is 1. The van der Waals surface area contributed by atoms with Crippen molar-refractivity contribution in [2.75, 3.05) is 0 Å². The van der Waals surface area contributed by atoms with E-state index in [1.54, 1.807) is 17.5 Å². The molecule has 0 unspecified atom stereocenters. The van der Waals surface area contributed by atoms with Gasteiger partial charge < -0.3 is 5.11 Å². The summed E-state index contributed by atoms with van der Waals surface area (Å²) in [5.41, 5.74) is 0.435. The smallest absolute Gasteiger partial charge is 0.134 e. The second-order valence-electron chi connectivity index (χ2n) is 2.53. The van der Waals surface area contributed by atoms with Crippen molar-refractivity contribution in [1.82, 2.24) is 0 Å². The Balaban J connectivity index is 2.95. The van der Waals surface area contributed by atoms with Crippen LogP contribution in [-0.2, 0) is 0 Å². The fourth-order valence-electron chi connectivity index (χ4n) is 1.17. The first-order valence-corrected chi connectivity index (χ1v) is 4.78. The molecule has 0 amide bonds. The SMILES string of the molecule is N#Cc1c(Cl)ccc2c(O)csc12. The van der Waals surface area contributed by atoms with Crippen molar-refractivity contribution in [1.29, 1.82) is 5.26 Å². The molecule has 0 spiro atoms. The molecule has 13 heavy (non-hydrogen) atoms. The van der Waals surface area contributed by atoms with E-state index in [-0.39, 0.29) is 5.75 Å². The average molecular weight is 210 g/mol. The third kappa shape index (κ3) is 1.15. The highest BCUT2D eigenvalue weighted by atomic mass is 35.5. The lowest BCUT2D eigenvalue weighted by Gasteiger charge is -1.95. The highest BCUT2D eigenvalue weighted by Crippen LogP contribution is 2.36. The van der Waals surface area contributed by atoms with Crippen LogP contribution in [0.2, 0.25) is 5.02 Å². The Morgan fingerprint density at radius 1 is 1.46 bits per heavy atom. The van der Waals surface area contributed by atoms with Gasteiger partial charge in [0, 0.05) is 10.8 Å². The average Bonchev–Trinajstić information content (AvgIpc) is 2.48. The zero-order chi connectivity index (χ0) is 9.42. The molecule has 1 aromatic carbocycles. The minimum absolute atomic E-state index is 0.202. The molecule has 0 aliphatic heterocycles. The molecule has 1 aromatic heterocycles. The Labute approximate surface area is 83.6 Å². The largest absolute Gasteiger partial charge is 0.506 e. The molecule has 2 rings (SSSR count). The minimum Gasteiger partial charge on any atom is -0.506 e. The Morgan fingerprint density at radius 2 is 2.23 bits per heavy atom. The van der Waals surface area contributed by atoms with Gasteiger partial charge in [0.15, 0.2) is 0 Å². The second-order valence-corrected chi connectivity index (χ2v) is 3.82. The van der Waals surface area contributed by atoms with E-state index in [0.29, 0.717) is 16.0 Å². The molecule has 2 aromatic rings. The van der Waals surface area contributed by atoms with E-state index in [2.05, 4.69) is 0 Å². The van der Waals surface area contributed by atoms with Crippen molar-refractivity contribution in [2.24, 2.45) is 0 Å². The van der Waals surface area contributed by atoms with Crippen LogP contribution in [0, 0.1) is 11.3 Å². The standard InChI is InChI=1S/C9H4ClNOS/c10-7-2-1-5-8(12)4-13-9(5)6(7)3-11/h1-2,4,12H. The number of hydrogen-bond donors (Lipinski definition) is 1. The molecule has 0 atom stereocenters. The van der Waals surface area contributed by atoms with Crippen LogP contribution in [0.5, 0.6) is 5.75 Å². The van der Waals surface area contributed by atoms with Gasteiger partial charge in [0.25, 0.3) is 0 Å². The molecule has 1 heterocycles. The summed E-state index contributed by atoms with van der Waals surface area (Å²) in [7, 11) is 0. The lowest BCUT2D eigenvalue weighted by atomic mass is 10.2. The van der Waals surface area contributed by atoms with E-state index in [4.69, 9.17) is 16.9 Å². The van der Waals surface area contributed by atoms with Crippen LogP contribution in [0.15, 0.2) is 17.5 Å². The van der Waals surface area contributed by atoms with Gasteiger partial charge in [-0.25, -0.2) is 0 Å². The third-order valence-corrected chi connectivity index (χ3v) is 3.10. The van der Waals surface area contributed by atoms with Gasteiger partial charge in [0.2, 0.25) is 0 Å². The van der Waals surface area contributed by atoms with Gasteiger partial charge in [-0.1, -0.05) is 11.6 Å². The van der Waals surface area contributed by atoms with Crippen LogP contribution >= 0.6 is 22.9 Å². The van der Waals surface area contributed by atoms with Gasteiger partial charge in [-0.2, -0.15) is 5.26 Å². The molecule has 0 aliphatic carbocycles. The van der Waals surface area contributed by atoms with Crippen LogP contribution in [0.1, 0.15) is 5.56 Å². The first-order chi connectivity index (χ1) is 6.24. The van der Waals surface area contributed by atoms with Crippen molar-refractivity contribution in [2.45, 2.75) is 0 Å². The van der Waals surface area contributed by atoms with Gasteiger partial charge in [0.05, 0.1) is 15.3 Å². The summed E-state index contributed by atoms with van der Waals surface area (Å²) in [6.45, 7) is 0. The van der Waals surface area contributed by atoms with Crippen LogP contribution in [0.3, 0.4) is 0 Å². The summed E-state index contributed by atoms with van der Waals surface area (Å²) >= 11 is 7.14. The molecule has 4 heteroatoms. The van der Waals surface area contributed by atoms with Gasteiger partial charge in [-0.05, 0) is 12.1 Å². The summed E-state index contributed by atoms with van der Waals surface area (Å²) < 4.78 is 0.743. The minimum atomic E-state index is 0.202. The molecule has 0 saturated carbocycles. The zero-order valence-corrected chi connectivity index (χ0v) is 7.99. The molecule has 0 saturated heterocycles. The molecule has 1 N–H and O–H groups in total. The predicted octanol–water partition coefficient (Wildman–Crippen LogP) is 3.13. The molecular formula is C9H4ClNOS. The van der Waals surface area contributed by atoms with E-state index in [0.717, 1.165) is 4.70 Å². The van der Waals surface area contributed by atoms with E-state index >= 15 is 0 Å². The number of rotatable bonds is 0. The third-order valence-electron chi connectivity index (χ3n) is 1.78. The first kappa shape index (κ1) is 8.36. The number of halogens is 1. The summed E-state index contributed by atoms with van der Waals surface area (Å²) in [4.78, 5) is 0. The van der Waals surface area contributed by atoms with Crippen molar-refractivity contribution >= 4 is 33.0 Å². The second kappa shape index (κ2) is 2.91. The van der Waals surface area contributed by atoms with Crippen molar-refractivity contribution < 1.29 is 5.11 Å². The lowest BCUT2D eigenvalue weighted by Crippen LogP contribution is -1.76. The van der Waals surface area contributed by atoms with Gasteiger partial charge in [-0.3, -0.25) is 0 Å². The molecule has 0 aliphatic rings. The van der Waals surface area contributed by atoms with Gasteiger partial charge >= 0.3 is 0 Å². The number of nitriles is 1. The Bertz CT molecular complexity index is 512. The summed E-state index contributed by atoms with van der Waals surface area (Å²) in [6.07, 6.45) is 0. The van der Waals surface area contributed by atoms with Crippen LogP contribution in [-0.4, -0.2) is 5.11 Å². The van der Waals surface area contributed by atoms with E-state index in [1.807, 2.05) is 6.07 Å². The number of aromatic hydroxyl groups is 1. The number of nitrogens with zero attached hydrogens (tertiary/aromatic N) is 1. The number of benzene rings is 1. The summed E-state index contributed by atoms with van der Waals surface area (Å²) in [5, 5.41) is 20.9. The fraction of sp³-hybridized carbons (Fsp3) is 0. The predicted molar refractivity (Wildman–Crippen MR) is 53.2 cm³/mol. The Hall–Kier alpha value is -1.24. The van der Waals surface area contributed by atoms with Crippen LogP contribution in [0.25, 0.3) is 10.1 Å². The summed E-state index contributed by atoms with van der Waals surface area (Å²) in [6, 6.07) is 5.35. The molecule has 2 nitrogen and oxygen atoms in total. The molecule has 0 radical (unpaired) electrons. The highest BCUT2D eigenvalue weighted by molar-refractivity contribution is 7.17. The van der Waals surface area contributed by atoms with Gasteiger partial charge in [-0.15, -0.1) is 11.3 Å². The molecule has 0 bridgehead atoms. The quantitative estimate of drug-likeness (QED) is 0.725. The van der Waals surface area contributed by atoms with E-state index in [9.17, 15) is 5.11 Å². The first-order valence-electron chi connectivity index (χ1n) is 3.53. The summed E-state index contributed by atoms with van der Waals surface area (Å²) in [5.74, 6) is 0.202. The maximum atomic E-state index is 9.38. The lowest BCUT2D eigenvalue weighted by molar-refractivity contribution is 0.483. The van der Waals surface area contributed by atoms with Gasteiger partial charge in [0.1, 0.15) is 11.8 Å². The topological polar surface area (TPSA) is 44.0 Å². The molecule has 64 valence electrons. The van der Waals surface area contributed by atoms with Crippen LogP contribution in [0.4, 0.5) is 0 Å². The maximum Gasteiger partial charge on any atom is 0.134 e. The Morgan fingerprint density at radius 3 is 2.92 bits per heavy atom. The molecular weight excluding hydrogens is 206 g/mol. The van der Waals surface area contributed by atoms with Crippen molar-refractivity contribution in [3.05, 3.63) is 28.1 Å². The van der Waals surface area contributed by atoms with E-state index < -0.39 is 0 Å². The highest BCUT2D eigenvalue weighted by Gasteiger charge is 2.09. The fourth-order valence-corrected chi connectivity index (χ4v) is 2.35. The van der Waals surface area contributed by atoms with E-state index in [1.165, 1.54) is 11.3 Å². The number of hydrogen-bond acceptors (Lipinski definition) is 3. The molecule has 0 fully saturated rings. The Kier molecular flexibility index (Phi) is 1.87. The van der Waals surface area contributed by atoms with Crippen molar-refractivity contribution in [3.63, 3.8) is 0 Å². The number of thiophene rings is 1. The zero-order valence-electron chi connectivity index (χ0n) is 6.41. The maximum absolute atomic E-state index is 9.38. The normalized spacial score (nSPS) is 10.2. The van der Waals surface area contributed by atoms with Crippen molar-refractivity contribution in [3.8, 4) is 11.8 Å².